The topological polar surface area (TPSA) is 93.5 Å². The number of rotatable bonds is 4. The molecule has 0 spiro atoms. The first-order valence-electron chi connectivity index (χ1n) is 14.0. The average Bonchev–Trinajstić information content (AvgIpc) is 3.13. The summed E-state index contributed by atoms with van der Waals surface area (Å²) in [6.07, 6.45) is 4.92. The van der Waals surface area contributed by atoms with Crippen molar-refractivity contribution in [3.63, 3.8) is 0 Å². The van der Waals surface area contributed by atoms with Crippen LogP contribution in [0.2, 0.25) is 10.0 Å². The zero-order valence-corrected chi connectivity index (χ0v) is 25.6. The van der Waals surface area contributed by atoms with Gasteiger partial charge in [0.1, 0.15) is 28.7 Å². The molecule has 222 valence electrons. The van der Waals surface area contributed by atoms with E-state index in [1.54, 1.807) is 30.2 Å². The van der Waals surface area contributed by atoms with Crippen molar-refractivity contribution in [1.82, 2.24) is 24.4 Å². The fourth-order valence-corrected chi connectivity index (χ4v) is 6.34. The summed E-state index contributed by atoms with van der Waals surface area (Å²) in [5, 5.41) is 0.560. The molecule has 0 N–H and O–H groups in total. The Morgan fingerprint density at radius 3 is 2.70 bits per heavy atom. The molecule has 0 aliphatic carbocycles. The van der Waals surface area contributed by atoms with Crippen molar-refractivity contribution in [3.8, 4) is 22.7 Å². The number of hydrogen-bond acceptors (Lipinski definition) is 7. The maximum absolute atomic E-state index is 15.3. The first-order chi connectivity index (χ1) is 20.6. The predicted octanol–water partition coefficient (Wildman–Crippen LogP) is 5.71. The van der Waals surface area contributed by atoms with Gasteiger partial charge in [-0.3, -0.25) is 9.78 Å². The number of amides is 1. The first-order valence-corrected chi connectivity index (χ1v) is 14.8. The van der Waals surface area contributed by atoms with Crippen LogP contribution in [0.4, 0.5) is 10.2 Å². The first kappa shape index (κ1) is 29.1. The number of piperazine rings is 1. The molecule has 0 radical (unpaired) electrons. The Labute approximate surface area is 257 Å². The van der Waals surface area contributed by atoms with Crippen LogP contribution in [0.3, 0.4) is 0 Å². The SMILES string of the molecule is C/C=C/C(=O)N1CCN2c3nc(=O)n(-c4c(C)ccnc4C(C)C)c4nc(-c5c(F)cccc5Cl)c(Cl)c(c34)OCC2C1. The van der Waals surface area contributed by atoms with E-state index in [4.69, 9.17) is 32.9 Å². The van der Waals surface area contributed by atoms with E-state index in [0.29, 0.717) is 42.2 Å². The summed E-state index contributed by atoms with van der Waals surface area (Å²) in [5.74, 6) is -0.211. The van der Waals surface area contributed by atoms with E-state index < -0.39 is 11.5 Å². The van der Waals surface area contributed by atoms with E-state index >= 15 is 4.39 Å². The summed E-state index contributed by atoms with van der Waals surface area (Å²) in [6, 6.07) is 5.79. The maximum atomic E-state index is 15.3. The largest absolute Gasteiger partial charge is 0.489 e. The molecule has 2 aliphatic rings. The summed E-state index contributed by atoms with van der Waals surface area (Å²) in [6.45, 7) is 8.95. The van der Waals surface area contributed by atoms with Crippen LogP contribution in [0.15, 0.2) is 47.4 Å². The number of pyridine rings is 2. The molecule has 9 nitrogen and oxygen atoms in total. The lowest BCUT2D eigenvalue weighted by atomic mass is 10.0. The summed E-state index contributed by atoms with van der Waals surface area (Å²) in [4.78, 5) is 44.5. The zero-order chi connectivity index (χ0) is 30.6. The second kappa shape index (κ2) is 11.2. The molecule has 3 aromatic heterocycles. The van der Waals surface area contributed by atoms with E-state index in [0.717, 1.165) is 5.56 Å². The molecule has 1 fully saturated rings. The minimum absolute atomic E-state index is 0.00892. The van der Waals surface area contributed by atoms with Crippen molar-refractivity contribution < 1.29 is 13.9 Å². The molecule has 5 heterocycles. The molecule has 6 rings (SSSR count). The van der Waals surface area contributed by atoms with Crippen LogP contribution in [-0.2, 0) is 4.79 Å². The normalized spacial score (nSPS) is 16.5. The molecule has 4 aromatic rings. The summed E-state index contributed by atoms with van der Waals surface area (Å²) in [7, 11) is 0. The lowest BCUT2D eigenvalue weighted by Gasteiger charge is -2.40. The highest BCUT2D eigenvalue weighted by Gasteiger charge is 2.37. The maximum Gasteiger partial charge on any atom is 0.355 e. The Balaban J connectivity index is 1.69. The average molecular weight is 624 g/mol. The monoisotopic (exact) mass is 622 g/mol. The minimum atomic E-state index is -0.624. The Morgan fingerprint density at radius 2 is 1.98 bits per heavy atom. The molecule has 43 heavy (non-hydrogen) atoms. The van der Waals surface area contributed by atoms with Gasteiger partial charge < -0.3 is 14.5 Å². The van der Waals surface area contributed by atoms with Gasteiger partial charge in [0.2, 0.25) is 5.91 Å². The molecule has 1 aromatic carbocycles. The Morgan fingerprint density at radius 1 is 1.19 bits per heavy atom. The molecule has 1 saturated heterocycles. The van der Waals surface area contributed by atoms with Crippen molar-refractivity contribution in [2.45, 2.75) is 39.7 Å². The van der Waals surface area contributed by atoms with Crippen LogP contribution in [-0.4, -0.2) is 62.6 Å². The quantitative estimate of drug-likeness (QED) is 0.269. The minimum Gasteiger partial charge on any atom is -0.489 e. The lowest BCUT2D eigenvalue weighted by molar-refractivity contribution is -0.126. The third kappa shape index (κ3) is 4.82. The molecule has 0 bridgehead atoms. The number of allylic oxidation sites excluding steroid dienone is 1. The number of fused-ring (bicyclic) bond motifs is 2. The van der Waals surface area contributed by atoms with Crippen LogP contribution < -0.4 is 15.3 Å². The molecule has 2 aliphatic heterocycles. The highest BCUT2D eigenvalue weighted by Crippen LogP contribution is 2.46. The van der Waals surface area contributed by atoms with Crippen LogP contribution in [0.5, 0.6) is 5.75 Å². The Hall–Kier alpha value is -4.02. The molecule has 1 unspecified atom stereocenters. The van der Waals surface area contributed by atoms with Crippen molar-refractivity contribution in [1.29, 1.82) is 0 Å². The van der Waals surface area contributed by atoms with Crippen LogP contribution >= 0.6 is 23.2 Å². The fourth-order valence-electron chi connectivity index (χ4n) is 5.80. The van der Waals surface area contributed by atoms with Gasteiger partial charge in [0.25, 0.3) is 0 Å². The van der Waals surface area contributed by atoms with E-state index in [9.17, 15) is 9.59 Å². The summed E-state index contributed by atoms with van der Waals surface area (Å²) >= 11 is 13.5. The Kier molecular flexibility index (Phi) is 7.60. The standard InChI is InChI=1S/C31H29Cl2FN6O3/c1-5-7-21(41)38-12-13-39-18(14-38)15-43-28-23-29(39)37-31(42)40(27-17(4)10-11-35-25(27)16(2)3)30(23)36-26(24(28)33)22-19(32)8-6-9-20(22)34/h5-11,16,18H,12-15H2,1-4H3/b7-5+. The molecule has 0 saturated carbocycles. The smallest absolute Gasteiger partial charge is 0.355 e. The number of nitrogens with zero attached hydrogens (tertiary/aromatic N) is 6. The number of halogens is 3. The van der Waals surface area contributed by atoms with Gasteiger partial charge in [0.15, 0.2) is 11.4 Å². The zero-order valence-electron chi connectivity index (χ0n) is 24.1. The molecule has 1 atom stereocenters. The Bertz CT molecular complexity index is 1860. The van der Waals surface area contributed by atoms with Gasteiger partial charge in [-0.25, -0.2) is 18.7 Å². The van der Waals surface area contributed by atoms with Crippen molar-refractivity contribution in [2.75, 3.05) is 31.1 Å². The number of anilines is 1. The highest BCUT2D eigenvalue weighted by molar-refractivity contribution is 6.38. The predicted molar refractivity (Wildman–Crippen MR) is 165 cm³/mol. The van der Waals surface area contributed by atoms with Gasteiger partial charge in [0.05, 0.1) is 33.7 Å². The number of carbonyl (C=O) groups excluding carboxylic acids is 1. The molecule has 12 heteroatoms. The third-order valence-electron chi connectivity index (χ3n) is 7.82. The number of carbonyl (C=O) groups is 1. The number of benzene rings is 1. The fraction of sp³-hybridized carbons (Fsp3) is 0.323. The van der Waals surface area contributed by atoms with Gasteiger partial charge in [-0.05, 0) is 49.6 Å². The third-order valence-corrected chi connectivity index (χ3v) is 8.49. The number of aryl methyl sites for hydroxylation is 1. The molecule has 1 amide bonds. The molecular weight excluding hydrogens is 594 g/mol. The van der Waals surface area contributed by atoms with Crippen molar-refractivity contribution in [2.24, 2.45) is 0 Å². The van der Waals surface area contributed by atoms with E-state index in [1.165, 1.54) is 22.8 Å². The van der Waals surface area contributed by atoms with Crippen LogP contribution in [0.1, 0.15) is 37.9 Å². The summed E-state index contributed by atoms with van der Waals surface area (Å²) in [5.41, 5.74) is 1.63. The van der Waals surface area contributed by atoms with Crippen molar-refractivity contribution in [3.05, 3.63) is 80.2 Å². The number of hydrogen-bond donors (Lipinski definition) is 0. The van der Waals surface area contributed by atoms with Gasteiger partial charge in [-0.1, -0.05) is 49.2 Å². The van der Waals surface area contributed by atoms with Crippen molar-refractivity contribution >= 4 is 46.0 Å². The summed E-state index contributed by atoms with van der Waals surface area (Å²) < 4.78 is 23.1. The second-order valence-corrected chi connectivity index (χ2v) is 11.7. The van der Waals surface area contributed by atoms with E-state index in [2.05, 4.69) is 9.97 Å². The van der Waals surface area contributed by atoms with E-state index in [1.807, 2.05) is 31.7 Å². The number of aromatic nitrogens is 4. The van der Waals surface area contributed by atoms with Gasteiger partial charge in [-0.15, -0.1) is 0 Å². The van der Waals surface area contributed by atoms with Gasteiger partial charge >= 0.3 is 5.69 Å². The van der Waals surface area contributed by atoms with Crippen LogP contribution in [0, 0.1) is 12.7 Å². The van der Waals surface area contributed by atoms with Gasteiger partial charge in [0, 0.05) is 25.8 Å². The highest BCUT2D eigenvalue weighted by atomic mass is 35.5. The van der Waals surface area contributed by atoms with Gasteiger partial charge in [-0.2, -0.15) is 4.98 Å². The number of ether oxygens (including phenoxy) is 1. The molecular formula is C31H29Cl2FN6O3. The van der Waals surface area contributed by atoms with E-state index in [-0.39, 0.29) is 57.2 Å². The van der Waals surface area contributed by atoms with Crippen LogP contribution in [0.25, 0.3) is 28.0 Å². The second-order valence-electron chi connectivity index (χ2n) is 10.9. The lowest BCUT2D eigenvalue weighted by Crippen LogP contribution is -2.56.